The standard InChI is InChI=1S/C18H15N5OS/c1-10-16(21-22-23(10)12-6-4-3-5-7-12)14-9-8-13-15(19)17(11(2)24)25-18(13)20-14/h3-9H,19H2,1-2H3. The number of carbonyl (C=O) groups is 1. The predicted molar refractivity (Wildman–Crippen MR) is 99.1 cm³/mol. The number of aromatic nitrogens is 4. The lowest BCUT2D eigenvalue weighted by molar-refractivity contribution is 0.102. The Morgan fingerprint density at radius 1 is 1.16 bits per heavy atom. The molecule has 7 heteroatoms. The fourth-order valence-electron chi connectivity index (χ4n) is 2.77. The molecule has 0 saturated carbocycles. The van der Waals surface area contributed by atoms with Crippen LogP contribution in [0.25, 0.3) is 27.3 Å². The van der Waals surface area contributed by atoms with Crippen molar-refractivity contribution >= 4 is 33.0 Å². The van der Waals surface area contributed by atoms with Gasteiger partial charge in [0.15, 0.2) is 5.78 Å². The maximum Gasteiger partial charge on any atom is 0.171 e. The van der Waals surface area contributed by atoms with Gasteiger partial charge in [-0.2, -0.15) is 0 Å². The van der Waals surface area contributed by atoms with Gasteiger partial charge in [-0.05, 0) is 31.2 Å². The van der Waals surface area contributed by atoms with Crippen LogP contribution in [-0.2, 0) is 0 Å². The van der Waals surface area contributed by atoms with Gasteiger partial charge < -0.3 is 5.73 Å². The number of hydrogen-bond acceptors (Lipinski definition) is 6. The molecule has 124 valence electrons. The van der Waals surface area contributed by atoms with Gasteiger partial charge in [0.1, 0.15) is 10.5 Å². The first-order valence-electron chi connectivity index (χ1n) is 7.74. The Balaban J connectivity index is 1.83. The molecule has 1 aromatic carbocycles. The number of carbonyl (C=O) groups excluding carboxylic acids is 1. The van der Waals surface area contributed by atoms with E-state index < -0.39 is 0 Å². The van der Waals surface area contributed by atoms with E-state index in [0.717, 1.165) is 21.6 Å². The number of anilines is 1. The molecule has 0 saturated heterocycles. The third-order valence-electron chi connectivity index (χ3n) is 4.05. The molecule has 0 aliphatic carbocycles. The highest BCUT2D eigenvalue weighted by atomic mass is 32.1. The molecule has 6 nitrogen and oxygen atoms in total. The summed E-state index contributed by atoms with van der Waals surface area (Å²) in [6.45, 7) is 3.47. The lowest BCUT2D eigenvalue weighted by Gasteiger charge is -2.03. The fourth-order valence-corrected chi connectivity index (χ4v) is 3.76. The van der Waals surface area contributed by atoms with E-state index in [2.05, 4.69) is 15.3 Å². The zero-order valence-corrected chi connectivity index (χ0v) is 14.5. The van der Waals surface area contributed by atoms with Crippen molar-refractivity contribution in [1.82, 2.24) is 20.0 Å². The number of para-hydroxylation sites is 1. The average Bonchev–Trinajstić information content (AvgIpc) is 3.16. The molecule has 0 aliphatic rings. The molecule has 4 rings (SSSR count). The second-order valence-electron chi connectivity index (χ2n) is 5.72. The van der Waals surface area contributed by atoms with Crippen molar-refractivity contribution in [2.24, 2.45) is 0 Å². The third kappa shape index (κ3) is 2.49. The molecular formula is C18H15N5OS. The first-order chi connectivity index (χ1) is 12.1. The van der Waals surface area contributed by atoms with Crippen LogP contribution in [0.15, 0.2) is 42.5 Å². The molecule has 0 aliphatic heterocycles. The number of rotatable bonds is 3. The van der Waals surface area contributed by atoms with Crippen molar-refractivity contribution in [2.75, 3.05) is 5.73 Å². The zero-order chi connectivity index (χ0) is 17.6. The number of nitrogen functional groups attached to an aromatic ring is 1. The molecule has 4 aromatic rings. The Hall–Kier alpha value is -3.06. The van der Waals surface area contributed by atoms with Crippen LogP contribution < -0.4 is 5.73 Å². The monoisotopic (exact) mass is 349 g/mol. The summed E-state index contributed by atoms with van der Waals surface area (Å²) in [4.78, 5) is 17.6. The summed E-state index contributed by atoms with van der Waals surface area (Å²) >= 11 is 1.31. The maximum atomic E-state index is 11.7. The SMILES string of the molecule is CC(=O)c1sc2nc(-c3nnn(-c4ccccc4)c3C)ccc2c1N. The van der Waals surface area contributed by atoms with Crippen LogP contribution >= 0.6 is 11.3 Å². The van der Waals surface area contributed by atoms with Crippen molar-refractivity contribution in [3.63, 3.8) is 0 Å². The molecule has 3 aromatic heterocycles. The van der Waals surface area contributed by atoms with Crippen molar-refractivity contribution < 1.29 is 4.79 Å². The summed E-state index contributed by atoms with van der Waals surface area (Å²) in [6, 6.07) is 13.6. The number of benzene rings is 1. The molecule has 0 atom stereocenters. The van der Waals surface area contributed by atoms with Crippen molar-refractivity contribution in [3.05, 3.63) is 53.0 Å². The Morgan fingerprint density at radius 2 is 1.92 bits per heavy atom. The number of pyridine rings is 1. The van der Waals surface area contributed by atoms with Crippen molar-refractivity contribution in [2.45, 2.75) is 13.8 Å². The van der Waals surface area contributed by atoms with E-state index in [0.29, 0.717) is 22.0 Å². The molecule has 0 fully saturated rings. The van der Waals surface area contributed by atoms with Crippen LogP contribution in [0.2, 0.25) is 0 Å². The fraction of sp³-hybridized carbons (Fsp3) is 0.111. The summed E-state index contributed by atoms with van der Waals surface area (Å²) in [5, 5.41) is 9.33. The Morgan fingerprint density at radius 3 is 2.64 bits per heavy atom. The highest BCUT2D eigenvalue weighted by Crippen LogP contribution is 2.34. The average molecular weight is 349 g/mol. The van der Waals surface area contributed by atoms with E-state index in [-0.39, 0.29) is 5.78 Å². The van der Waals surface area contributed by atoms with Gasteiger partial charge in [-0.3, -0.25) is 4.79 Å². The molecule has 0 radical (unpaired) electrons. The van der Waals surface area contributed by atoms with E-state index in [9.17, 15) is 4.79 Å². The van der Waals surface area contributed by atoms with Crippen molar-refractivity contribution in [1.29, 1.82) is 0 Å². The number of nitrogens with two attached hydrogens (primary N) is 1. The Kier molecular flexibility index (Phi) is 3.58. The molecule has 0 bridgehead atoms. The molecule has 2 N–H and O–H groups in total. The number of nitrogens with zero attached hydrogens (tertiary/aromatic N) is 4. The summed E-state index contributed by atoms with van der Waals surface area (Å²) < 4.78 is 1.78. The smallest absolute Gasteiger partial charge is 0.171 e. The normalized spacial score (nSPS) is 11.1. The third-order valence-corrected chi connectivity index (χ3v) is 5.27. The van der Waals surface area contributed by atoms with Crippen molar-refractivity contribution in [3.8, 4) is 17.1 Å². The minimum absolute atomic E-state index is 0.0479. The second kappa shape index (κ2) is 5.78. The lowest BCUT2D eigenvalue weighted by Crippen LogP contribution is -1.98. The number of ketones is 1. The molecule has 0 unspecified atom stereocenters. The summed E-state index contributed by atoms with van der Waals surface area (Å²) in [7, 11) is 0. The van der Waals surface area contributed by atoms with Gasteiger partial charge in [0.25, 0.3) is 0 Å². The van der Waals surface area contributed by atoms with Gasteiger partial charge in [0.2, 0.25) is 0 Å². The minimum atomic E-state index is -0.0479. The molecular weight excluding hydrogens is 334 g/mol. The van der Waals surface area contributed by atoms with Crippen LogP contribution in [0.1, 0.15) is 22.3 Å². The van der Waals surface area contributed by atoms with E-state index in [1.807, 2.05) is 49.4 Å². The molecule has 0 amide bonds. The van der Waals surface area contributed by atoms with Gasteiger partial charge >= 0.3 is 0 Å². The highest BCUT2D eigenvalue weighted by Gasteiger charge is 2.17. The Bertz CT molecular complexity index is 1100. The quantitative estimate of drug-likeness (QED) is 0.571. The summed E-state index contributed by atoms with van der Waals surface area (Å²) in [6.07, 6.45) is 0. The Labute approximate surface area is 147 Å². The minimum Gasteiger partial charge on any atom is -0.397 e. The van der Waals surface area contributed by atoms with Crippen LogP contribution in [0.5, 0.6) is 0 Å². The maximum absolute atomic E-state index is 11.7. The summed E-state index contributed by atoms with van der Waals surface area (Å²) in [5.41, 5.74) is 9.82. The number of hydrogen-bond donors (Lipinski definition) is 1. The summed E-state index contributed by atoms with van der Waals surface area (Å²) in [5.74, 6) is -0.0479. The number of thiophene rings is 1. The molecule has 0 spiro atoms. The molecule has 25 heavy (non-hydrogen) atoms. The first-order valence-corrected chi connectivity index (χ1v) is 8.56. The topological polar surface area (TPSA) is 86.7 Å². The largest absolute Gasteiger partial charge is 0.397 e. The number of Topliss-reactive ketones (excluding diaryl/α,β-unsaturated/α-hetero) is 1. The zero-order valence-electron chi connectivity index (χ0n) is 13.7. The second-order valence-corrected chi connectivity index (χ2v) is 6.72. The highest BCUT2D eigenvalue weighted by molar-refractivity contribution is 7.21. The van der Waals surface area contributed by atoms with E-state index in [4.69, 9.17) is 5.73 Å². The van der Waals surface area contributed by atoms with E-state index in [1.165, 1.54) is 18.3 Å². The van der Waals surface area contributed by atoms with Gasteiger partial charge in [0, 0.05) is 12.3 Å². The van der Waals surface area contributed by atoms with Gasteiger partial charge in [-0.15, -0.1) is 16.4 Å². The molecule has 3 heterocycles. The van der Waals surface area contributed by atoms with Gasteiger partial charge in [-0.1, -0.05) is 23.4 Å². The predicted octanol–water partition coefficient (Wildman–Crippen LogP) is 3.64. The van der Waals surface area contributed by atoms with Crippen LogP contribution in [0, 0.1) is 6.92 Å². The van der Waals surface area contributed by atoms with Gasteiger partial charge in [0.05, 0.1) is 27.6 Å². The first kappa shape index (κ1) is 15.5. The van der Waals surface area contributed by atoms with Gasteiger partial charge in [-0.25, -0.2) is 9.67 Å². The van der Waals surface area contributed by atoms with Crippen LogP contribution in [-0.4, -0.2) is 25.8 Å². The van der Waals surface area contributed by atoms with Crippen LogP contribution in [0.4, 0.5) is 5.69 Å². The van der Waals surface area contributed by atoms with E-state index >= 15 is 0 Å². The number of fused-ring (bicyclic) bond motifs is 1. The van der Waals surface area contributed by atoms with Crippen LogP contribution in [0.3, 0.4) is 0 Å². The lowest BCUT2D eigenvalue weighted by atomic mass is 10.2. The van der Waals surface area contributed by atoms with E-state index in [1.54, 1.807) is 4.68 Å².